The summed E-state index contributed by atoms with van der Waals surface area (Å²) in [6, 6.07) is 6.79. The number of methoxy groups -OCH3 is 1. The molecule has 12 heteroatoms. The Bertz CT molecular complexity index is 1750. The predicted molar refractivity (Wildman–Crippen MR) is 142 cm³/mol. The fraction of sp³-hybridized carbons (Fsp3) is 0.269. The van der Waals surface area contributed by atoms with Crippen LogP contribution >= 0.6 is 11.6 Å². The van der Waals surface area contributed by atoms with Gasteiger partial charge < -0.3 is 14.5 Å². The van der Waals surface area contributed by atoms with Gasteiger partial charge >= 0.3 is 5.76 Å². The standard InChI is InChI=1S/C26H25ClN6O5/c1-13-9-17(15(3)29-19-5-6-20(27)30-21(19)25-31-26(35)38-32-25)24-18(10-13)22(34)14(2)23(37-24)16-11-28-33(12-16)7-8-36-4/h5-6,9-12,15,29H,7-8H2,1-4H3,(H,31,32,35)/t15-/m1/s1. The van der Waals surface area contributed by atoms with Gasteiger partial charge in [0.05, 0.1) is 42.0 Å². The van der Waals surface area contributed by atoms with E-state index < -0.39 is 5.76 Å². The zero-order chi connectivity index (χ0) is 27.0. The van der Waals surface area contributed by atoms with Crippen molar-refractivity contribution in [2.45, 2.75) is 33.4 Å². The second-order valence-corrected chi connectivity index (χ2v) is 9.33. The molecule has 38 heavy (non-hydrogen) atoms. The molecular formula is C26H25ClN6O5. The van der Waals surface area contributed by atoms with Gasteiger partial charge in [-0.05, 0) is 44.5 Å². The third kappa shape index (κ3) is 4.85. The van der Waals surface area contributed by atoms with E-state index in [-0.39, 0.29) is 22.4 Å². The summed E-state index contributed by atoms with van der Waals surface area (Å²) in [6.07, 6.45) is 3.50. The van der Waals surface area contributed by atoms with Crippen LogP contribution in [0.3, 0.4) is 0 Å². The van der Waals surface area contributed by atoms with Gasteiger partial charge in [-0.3, -0.25) is 19.0 Å². The average molecular weight is 537 g/mol. The second kappa shape index (κ2) is 10.3. The number of aromatic amines is 1. The van der Waals surface area contributed by atoms with Gasteiger partial charge in [-0.25, -0.2) is 9.78 Å². The van der Waals surface area contributed by atoms with Crippen molar-refractivity contribution in [3.63, 3.8) is 0 Å². The Labute approximate surface area is 221 Å². The Morgan fingerprint density at radius 3 is 2.79 bits per heavy atom. The van der Waals surface area contributed by atoms with Crippen LogP contribution in [0.5, 0.6) is 0 Å². The van der Waals surface area contributed by atoms with E-state index in [2.05, 4.69) is 30.1 Å². The molecule has 0 bridgehead atoms. The molecule has 1 aromatic carbocycles. The number of rotatable bonds is 8. The number of benzene rings is 1. The van der Waals surface area contributed by atoms with Crippen LogP contribution in [0.25, 0.3) is 33.8 Å². The largest absolute Gasteiger partial charge is 0.455 e. The van der Waals surface area contributed by atoms with Crippen molar-refractivity contribution in [2.24, 2.45) is 0 Å². The van der Waals surface area contributed by atoms with Gasteiger partial charge in [0.2, 0.25) is 5.82 Å². The molecule has 0 unspecified atom stereocenters. The van der Waals surface area contributed by atoms with E-state index in [9.17, 15) is 9.59 Å². The number of hydrogen-bond donors (Lipinski definition) is 2. The number of nitrogens with zero attached hydrogens (tertiary/aromatic N) is 4. The highest BCUT2D eigenvalue weighted by molar-refractivity contribution is 6.29. The molecule has 0 amide bonds. The van der Waals surface area contributed by atoms with Crippen molar-refractivity contribution in [1.29, 1.82) is 0 Å². The number of fused-ring (bicyclic) bond motifs is 1. The van der Waals surface area contributed by atoms with E-state index in [0.29, 0.717) is 52.4 Å². The summed E-state index contributed by atoms with van der Waals surface area (Å²) in [5.41, 5.74) is 4.08. The molecule has 0 aliphatic carbocycles. The molecule has 4 aromatic heterocycles. The number of nitrogens with one attached hydrogen (secondary N) is 2. The summed E-state index contributed by atoms with van der Waals surface area (Å²) in [7, 11) is 1.63. The number of H-pyrrole nitrogens is 1. The molecule has 196 valence electrons. The Balaban J connectivity index is 1.60. The summed E-state index contributed by atoms with van der Waals surface area (Å²) in [5.74, 6) is -0.116. The molecular weight excluding hydrogens is 512 g/mol. The fourth-order valence-electron chi connectivity index (χ4n) is 4.33. The summed E-state index contributed by atoms with van der Waals surface area (Å²) in [6.45, 7) is 6.69. The first-order chi connectivity index (χ1) is 18.2. The highest BCUT2D eigenvalue weighted by Crippen LogP contribution is 2.34. The summed E-state index contributed by atoms with van der Waals surface area (Å²) in [4.78, 5) is 31.8. The number of hydrogen-bond acceptors (Lipinski definition) is 9. The quantitative estimate of drug-likeness (QED) is 0.274. The Kier molecular flexibility index (Phi) is 6.87. The molecule has 2 N–H and O–H groups in total. The maximum Gasteiger partial charge on any atom is 0.439 e. The minimum Gasteiger partial charge on any atom is -0.455 e. The van der Waals surface area contributed by atoms with Gasteiger partial charge in [0.25, 0.3) is 0 Å². The lowest BCUT2D eigenvalue weighted by atomic mass is 9.99. The van der Waals surface area contributed by atoms with E-state index >= 15 is 0 Å². The van der Waals surface area contributed by atoms with Gasteiger partial charge in [-0.2, -0.15) is 5.10 Å². The highest BCUT2D eigenvalue weighted by Gasteiger charge is 2.21. The van der Waals surface area contributed by atoms with Crippen LogP contribution in [-0.4, -0.2) is 38.6 Å². The molecule has 11 nitrogen and oxygen atoms in total. The van der Waals surface area contributed by atoms with E-state index in [1.807, 2.05) is 32.2 Å². The zero-order valence-electron chi connectivity index (χ0n) is 21.2. The molecule has 4 heterocycles. The third-order valence-electron chi connectivity index (χ3n) is 6.18. The summed E-state index contributed by atoms with van der Waals surface area (Å²) < 4.78 is 17.9. The van der Waals surface area contributed by atoms with E-state index in [1.165, 1.54) is 0 Å². The van der Waals surface area contributed by atoms with Crippen molar-refractivity contribution in [1.82, 2.24) is 24.9 Å². The Hall–Kier alpha value is -4.22. The SMILES string of the molecule is COCCn1cc(-c2oc3c([C@@H](C)Nc4ccc(Cl)nc4-c4noc(=O)[nH]4)cc(C)cc3c(=O)c2C)cn1. The lowest BCUT2D eigenvalue weighted by molar-refractivity contribution is 0.183. The summed E-state index contributed by atoms with van der Waals surface area (Å²) >= 11 is 6.11. The molecule has 0 radical (unpaired) electrons. The van der Waals surface area contributed by atoms with Gasteiger partial charge in [-0.15, -0.1) is 0 Å². The molecule has 0 fully saturated rings. The number of ether oxygens (including phenoxy) is 1. The maximum absolute atomic E-state index is 13.5. The minimum atomic E-state index is -0.708. The number of halogens is 1. The Morgan fingerprint density at radius 1 is 1.24 bits per heavy atom. The Morgan fingerprint density at radius 2 is 2.05 bits per heavy atom. The first-order valence-electron chi connectivity index (χ1n) is 11.8. The minimum absolute atomic E-state index is 0.114. The molecule has 5 rings (SSSR count). The second-order valence-electron chi connectivity index (χ2n) is 8.94. The number of aryl methyl sites for hydroxylation is 1. The molecule has 1 atom stereocenters. The molecule has 0 saturated carbocycles. The van der Waals surface area contributed by atoms with E-state index in [1.54, 1.807) is 37.0 Å². The van der Waals surface area contributed by atoms with Crippen LogP contribution in [0.15, 0.2) is 55.2 Å². The van der Waals surface area contributed by atoms with Gasteiger partial charge in [0, 0.05) is 24.4 Å². The maximum atomic E-state index is 13.5. The summed E-state index contributed by atoms with van der Waals surface area (Å²) in [5, 5.41) is 12.2. The normalized spacial score (nSPS) is 12.2. The first-order valence-corrected chi connectivity index (χ1v) is 12.2. The first kappa shape index (κ1) is 25.4. The molecule has 0 spiro atoms. The number of pyridine rings is 1. The van der Waals surface area contributed by atoms with Crippen LogP contribution in [0.4, 0.5) is 5.69 Å². The number of aromatic nitrogens is 5. The van der Waals surface area contributed by atoms with Gasteiger partial charge in [0.15, 0.2) is 5.43 Å². The fourth-order valence-corrected chi connectivity index (χ4v) is 4.48. The van der Waals surface area contributed by atoms with Crippen molar-refractivity contribution < 1.29 is 13.7 Å². The van der Waals surface area contributed by atoms with Crippen LogP contribution in [0, 0.1) is 13.8 Å². The predicted octanol–water partition coefficient (Wildman–Crippen LogP) is 4.48. The monoisotopic (exact) mass is 536 g/mol. The zero-order valence-corrected chi connectivity index (χ0v) is 21.9. The smallest absolute Gasteiger partial charge is 0.439 e. The molecule has 5 aromatic rings. The number of anilines is 1. The van der Waals surface area contributed by atoms with Crippen molar-refractivity contribution in [3.8, 4) is 22.8 Å². The van der Waals surface area contributed by atoms with Crippen molar-refractivity contribution >= 4 is 28.3 Å². The average Bonchev–Trinajstić information content (AvgIpc) is 3.55. The molecule has 0 saturated heterocycles. The van der Waals surface area contributed by atoms with Crippen LogP contribution in [0.2, 0.25) is 5.15 Å². The van der Waals surface area contributed by atoms with Crippen LogP contribution in [-0.2, 0) is 11.3 Å². The van der Waals surface area contributed by atoms with Gasteiger partial charge in [-0.1, -0.05) is 22.8 Å². The van der Waals surface area contributed by atoms with E-state index in [0.717, 1.165) is 11.1 Å². The van der Waals surface area contributed by atoms with Crippen LogP contribution in [0.1, 0.15) is 29.7 Å². The van der Waals surface area contributed by atoms with Crippen molar-refractivity contribution in [3.05, 3.63) is 79.3 Å². The van der Waals surface area contributed by atoms with Gasteiger partial charge in [0.1, 0.15) is 22.2 Å². The lowest BCUT2D eigenvalue weighted by Gasteiger charge is -2.19. The molecule has 0 aliphatic heterocycles. The van der Waals surface area contributed by atoms with Crippen LogP contribution < -0.4 is 16.5 Å². The highest BCUT2D eigenvalue weighted by atomic mass is 35.5. The molecule has 0 aliphatic rings. The lowest BCUT2D eigenvalue weighted by Crippen LogP contribution is -2.13. The third-order valence-corrected chi connectivity index (χ3v) is 6.39. The van der Waals surface area contributed by atoms with E-state index in [4.69, 9.17) is 20.8 Å². The van der Waals surface area contributed by atoms with Crippen molar-refractivity contribution in [2.75, 3.05) is 19.0 Å². The topological polar surface area (TPSA) is 141 Å².